The first-order valence-electron chi connectivity index (χ1n) is 9.32. The van der Waals surface area contributed by atoms with E-state index < -0.39 is 17.8 Å². The molecule has 0 N–H and O–H groups in total. The van der Waals surface area contributed by atoms with E-state index in [-0.39, 0.29) is 11.6 Å². The fraction of sp³-hybridized carbons (Fsp3) is 0.778. The van der Waals surface area contributed by atoms with Crippen LogP contribution in [0.5, 0.6) is 0 Å². The lowest BCUT2D eigenvalue weighted by atomic mass is 9.99. The molecular weight excluding hydrogens is 345 g/mol. The van der Waals surface area contributed by atoms with Crippen molar-refractivity contribution in [1.82, 2.24) is 19.6 Å². The van der Waals surface area contributed by atoms with E-state index in [0.29, 0.717) is 31.2 Å². The third-order valence-electron chi connectivity index (χ3n) is 5.52. The van der Waals surface area contributed by atoms with E-state index in [1.165, 1.54) is 4.68 Å². The molecular formula is C18H27F3N4O. The third kappa shape index (κ3) is 3.75. The normalized spacial score (nSPS) is 25.5. The van der Waals surface area contributed by atoms with Gasteiger partial charge < -0.3 is 9.80 Å². The Morgan fingerprint density at radius 1 is 1.15 bits per heavy atom. The quantitative estimate of drug-likeness (QED) is 0.800. The average molecular weight is 372 g/mol. The molecule has 2 unspecified atom stereocenters. The van der Waals surface area contributed by atoms with Crippen molar-refractivity contribution in [1.29, 1.82) is 0 Å². The molecule has 146 valence electrons. The number of halogens is 3. The van der Waals surface area contributed by atoms with Gasteiger partial charge >= 0.3 is 6.18 Å². The maximum Gasteiger partial charge on any atom is 0.435 e. The molecule has 2 atom stereocenters. The highest BCUT2D eigenvalue weighted by Crippen LogP contribution is 2.35. The topological polar surface area (TPSA) is 41.4 Å². The van der Waals surface area contributed by atoms with Crippen molar-refractivity contribution >= 4 is 5.91 Å². The summed E-state index contributed by atoms with van der Waals surface area (Å²) in [7, 11) is 1.96. The van der Waals surface area contributed by atoms with E-state index in [1.54, 1.807) is 11.8 Å². The molecule has 2 aliphatic heterocycles. The summed E-state index contributed by atoms with van der Waals surface area (Å²) in [4.78, 5) is 16.6. The molecule has 0 bridgehead atoms. The van der Waals surface area contributed by atoms with Crippen molar-refractivity contribution in [3.8, 4) is 0 Å². The van der Waals surface area contributed by atoms with Gasteiger partial charge in [0.2, 0.25) is 0 Å². The molecule has 26 heavy (non-hydrogen) atoms. The van der Waals surface area contributed by atoms with Gasteiger partial charge in [-0.2, -0.15) is 18.3 Å². The molecule has 3 rings (SSSR count). The fourth-order valence-corrected chi connectivity index (χ4v) is 4.20. The van der Waals surface area contributed by atoms with Crippen LogP contribution in [0.1, 0.15) is 60.4 Å². The Bertz CT molecular complexity index is 670. The zero-order chi connectivity index (χ0) is 19.1. The first kappa shape index (κ1) is 19.2. The van der Waals surface area contributed by atoms with Crippen LogP contribution in [-0.4, -0.2) is 58.7 Å². The van der Waals surface area contributed by atoms with E-state index >= 15 is 0 Å². The summed E-state index contributed by atoms with van der Waals surface area (Å²) in [5, 5.41) is 3.89. The van der Waals surface area contributed by atoms with Crippen LogP contribution in [0.25, 0.3) is 0 Å². The van der Waals surface area contributed by atoms with Crippen LogP contribution < -0.4 is 0 Å². The second-order valence-corrected chi connectivity index (χ2v) is 7.81. The minimum absolute atomic E-state index is 0.128. The highest BCUT2D eigenvalue weighted by molar-refractivity contribution is 5.96. The monoisotopic (exact) mass is 372 g/mol. The Morgan fingerprint density at radius 2 is 1.85 bits per heavy atom. The lowest BCUT2D eigenvalue weighted by Gasteiger charge is -2.32. The van der Waals surface area contributed by atoms with Gasteiger partial charge in [0.05, 0.1) is 11.6 Å². The molecule has 0 aliphatic carbocycles. The number of likely N-dealkylation sites (tertiary alicyclic amines) is 2. The Hall–Kier alpha value is -1.57. The maximum absolute atomic E-state index is 13.6. The standard InChI is InChI=1S/C18H27F3N4O/c1-12-6-4-9-24(10-12)17(26)15-13(2)25(22-16(15)18(19,20)21)14-7-5-8-23(3)11-14/h12,14H,4-11H2,1-3H3. The summed E-state index contributed by atoms with van der Waals surface area (Å²) in [5.41, 5.74) is -0.966. The first-order valence-corrected chi connectivity index (χ1v) is 9.32. The zero-order valence-corrected chi connectivity index (χ0v) is 15.6. The van der Waals surface area contributed by atoms with Crippen molar-refractivity contribution < 1.29 is 18.0 Å². The number of carbonyl (C=O) groups is 1. The van der Waals surface area contributed by atoms with Crippen molar-refractivity contribution in [3.63, 3.8) is 0 Å². The molecule has 2 aliphatic rings. The van der Waals surface area contributed by atoms with E-state index in [9.17, 15) is 18.0 Å². The minimum atomic E-state index is -4.64. The summed E-state index contributed by atoms with van der Waals surface area (Å²) in [5.74, 6) is -0.221. The number of aromatic nitrogens is 2. The Kier molecular flexibility index (Phi) is 5.33. The Labute approximate surface area is 152 Å². The van der Waals surface area contributed by atoms with Gasteiger partial charge in [0.25, 0.3) is 5.91 Å². The number of hydrogen-bond donors (Lipinski definition) is 0. The molecule has 0 aromatic carbocycles. The van der Waals surface area contributed by atoms with Gasteiger partial charge in [-0.25, -0.2) is 0 Å². The van der Waals surface area contributed by atoms with E-state index in [1.807, 2.05) is 14.0 Å². The van der Waals surface area contributed by atoms with E-state index in [2.05, 4.69) is 10.00 Å². The molecule has 0 spiro atoms. The summed E-state index contributed by atoms with van der Waals surface area (Å²) in [6.45, 7) is 6.22. The summed E-state index contributed by atoms with van der Waals surface area (Å²) >= 11 is 0. The third-order valence-corrected chi connectivity index (χ3v) is 5.52. The molecule has 1 amide bonds. The second-order valence-electron chi connectivity index (χ2n) is 7.81. The number of rotatable bonds is 2. The first-order chi connectivity index (χ1) is 12.2. The number of hydrogen-bond acceptors (Lipinski definition) is 3. The molecule has 5 nitrogen and oxygen atoms in total. The van der Waals surface area contributed by atoms with Gasteiger partial charge in [0.1, 0.15) is 0 Å². The Balaban J connectivity index is 1.98. The fourth-order valence-electron chi connectivity index (χ4n) is 4.20. The van der Waals surface area contributed by atoms with Crippen molar-refractivity contribution in [2.75, 3.05) is 33.2 Å². The number of amides is 1. The molecule has 1 aromatic heterocycles. The number of nitrogens with zero attached hydrogens (tertiary/aromatic N) is 4. The number of alkyl halides is 3. The van der Waals surface area contributed by atoms with Gasteiger partial charge in [-0.1, -0.05) is 6.92 Å². The summed E-state index contributed by atoms with van der Waals surface area (Å²) in [6, 6.07) is -0.128. The van der Waals surface area contributed by atoms with Gasteiger partial charge in [-0.3, -0.25) is 9.48 Å². The van der Waals surface area contributed by atoms with Crippen molar-refractivity contribution in [2.24, 2.45) is 5.92 Å². The van der Waals surface area contributed by atoms with E-state index in [4.69, 9.17) is 0 Å². The molecule has 2 fully saturated rings. The van der Waals surface area contributed by atoms with Crippen LogP contribution in [0.4, 0.5) is 13.2 Å². The Morgan fingerprint density at radius 3 is 2.46 bits per heavy atom. The molecule has 8 heteroatoms. The number of piperidine rings is 2. The molecule has 1 aromatic rings. The van der Waals surface area contributed by atoms with Gasteiger partial charge in [0, 0.05) is 25.3 Å². The SMILES string of the molecule is Cc1c(C(=O)N2CCCC(C)C2)c(C(F)(F)F)nn1C1CCCN(C)C1. The van der Waals surface area contributed by atoms with Gasteiger partial charge in [-0.15, -0.1) is 0 Å². The average Bonchev–Trinajstić information content (AvgIpc) is 2.92. The van der Waals surface area contributed by atoms with Crippen LogP contribution in [-0.2, 0) is 6.18 Å². The largest absolute Gasteiger partial charge is 0.435 e. The zero-order valence-electron chi connectivity index (χ0n) is 15.6. The maximum atomic E-state index is 13.6. The van der Waals surface area contributed by atoms with E-state index in [0.717, 1.165) is 32.2 Å². The second kappa shape index (κ2) is 7.21. The molecule has 0 radical (unpaired) electrons. The minimum Gasteiger partial charge on any atom is -0.338 e. The van der Waals surface area contributed by atoms with Gasteiger partial charge in [-0.05, 0) is 52.1 Å². The predicted molar refractivity (Wildman–Crippen MR) is 92.0 cm³/mol. The van der Waals surface area contributed by atoms with Crippen molar-refractivity contribution in [2.45, 2.75) is 51.7 Å². The highest BCUT2D eigenvalue weighted by Gasteiger charge is 2.43. The predicted octanol–water partition coefficient (Wildman–Crippen LogP) is 3.35. The van der Waals surface area contributed by atoms with Crippen LogP contribution >= 0.6 is 0 Å². The number of likely N-dealkylation sites (N-methyl/N-ethyl adjacent to an activating group) is 1. The summed E-state index contributed by atoms with van der Waals surface area (Å²) < 4.78 is 42.3. The molecule has 0 saturated carbocycles. The van der Waals surface area contributed by atoms with Gasteiger partial charge in [0.15, 0.2) is 5.69 Å². The molecule has 3 heterocycles. The van der Waals surface area contributed by atoms with Crippen LogP contribution in [0.3, 0.4) is 0 Å². The van der Waals surface area contributed by atoms with Crippen LogP contribution in [0.15, 0.2) is 0 Å². The van der Waals surface area contributed by atoms with Crippen molar-refractivity contribution in [3.05, 3.63) is 17.0 Å². The van der Waals surface area contributed by atoms with Crippen LogP contribution in [0, 0.1) is 12.8 Å². The number of carbonyl (C=O) groups excluding carboxylic acids is 1. The lowest BCUT2D eigenvalue weighted by Crippen LogP contribution is -2.40. The smallest absolute Gasteiger partial charge is 0.338 e. The molecule has 2 saturated heterocycles. The van der Waals surface area contributed by atoms with Crippen LogP contribution in [0.2, 0.25) is 0 Å². The highest BCUT2D eigenvalue weighted by atomic mass is 19.4. The lowest BCUT2D eigenvalue weighted by molar-refractivity contribution is -0.142. The summed E-state index contributed by atoms with van der Waals surface area (Å²) in [6.07, 6.45) is -1.12.